The molecule has 0 saturated carbocycles. The summed E-state index contributed by atoms with van der Waals surface area (Å²) in [4.78, 5) is 101. The van der Waals surface area contributed by atoms with Crippen LogP contribution < -0.4 is 26.6 Å². The third kappa shape index (κ3) is 29.7. The maximum absolute atomic E-state index is 13.8. The highest BCUT2D eigenvalue weighted by Gasteiger charge is 2.47. The Hall–Kier alpha value is -4.01. The van der Waals surface area contributed by atoms with E-state index in [0.717, 1.165) is 5.75 Å². The number of carbonyl (C=O) groups excluding carboxylic acids is 8. The fraction of sp³-hybridized carbons (Fsp3) is 0.860. The first-order valence-electron chi connectivity index (χ1n) is 30.3. The zero-order valence-corrected chi connectivity index (χ0v) is 52.6. The van der Waals surface area contributed by atoms with Crippen molar-refractivity contribution in [1.82, 2.24) is 26.6 Å². The molecule has 32 heteroatoms. The van der Waals surface area contributed by atoms with Gasteiger partial charge in [0.1, 0.15) is 77.7 Å². The van der Waals surface area contributed by atoms with E-state index in [1.165, 1.54) is 20.8 Å². The molecule has 0 aromatic rings. The van der Waals surface area contributed by atoms with E-state index in [1.54, 1.807) is 18.7 Å². The van der Waals surface area contributed by atoms with E-state index in [0.29, 0.717) is 19.4 Å². The van der Waals surface area contributed by atoms with Crippen LogP contribution in [0, 0.1) is 5.92 Å². The number of Topliss-reactive ketones (excluding diaryl/α,β-unsaturated/α-hetero) is 3. The first kappa shape index (κ1) is 79.2. The van der Waals surface area contributed by atoms with Crippen molar-refractivity contribution in [2.75, 3.05) is 111 Å². The summed E-state index contributed by atoms with van der Waals surface area (Å²) in [5.74, 6) is -2.65. The highest BCUT2D eigenvalue weighted by Crippen LogP contribution is 2.28. The first-order valence-corrected chi connectivity index (χ1v) is 31.7. The number of amides is 5. The number of hydrogen-bond donors (Lipinski definition) is 13. The lowest BCUT2D eigenvalue weighted by atomic mass is 9.89. The molecule has 89 heavy (non-hydrogen) atoms. The number of aliphatic hydroxyl groups excluding tert-OH is 8. The summed E-state index contributed by atoms with van der Waals surface area (Å²) in [7, 11) is 0. The maximum atomic E-state index is 13.8. The molecule has 3 saturated heterocycles. The largest absolute Gasteiger partial charge is 0.394 e. The van der Waals surface area contributed by atoms with Crippen molar-refractivity contribution in [1.29, 1.82) is 0 Å². The SMILES string of the molecule is CSCCOCCC(=O)CCCCC(=O)NC(COCCC(=O)CCCOC1OC(CO)C(O)C(C)C1NC(C)=O)(COCCC(=O)CCCOC1OC(CO)C(O)C(O)C1NC(C)=O)COCCC(=O)NCCOC1OC(CO)C(O)C(O)C1NC(C)=O. The monoisotopic (exact) mass is 1300 g/mol. The van der Waals surface area contributed by atoms with Gasteiger partial charge in [-0.15, -0.1) is 0 Å². The van der Waals surface area contributed by atoms with E-state index in [1.807, 2.05) is 6.26 Å². The van der Waals surface area contributed by atoms with E-state index in [-0.39, 0.29) is 160 Å². The Kier molecular flexibility index (Phi) is 38.9. The lowest BCUT2D eigenvalue weighted by Crippen LogP contribution is -2.64. The summed E-state index contributed by atoms with van der Waals surface area (Å²) in [6.45, 7) is 2.69. The summed E-state index contributed by atoms with van der Waals surface area (Å²) in [5.41, 5.74) is -1.50. The molecule has 0 aromatic heterocycles. The van der Waals surface area contributed by atoms with Crippen molar-refractivity contribution in [3.8, 4) is 0 Å². The highest BCUT2D eigenvalue weighted by molar-refractivity contribution is 7.98. The smallest absolute Gasteiger partial charge is 0.222 e. The molecule has 3 heterocycles. The predicted octanol–water partition coefficient (Wildman–Crippen LogP) is -4.07. The van der Waals surface area contributed by atoms with Gasteiger partial charge in [0.25, 0.3) is 0 Å². The molecule has 0 bridgehead atoms. The fourth-order valence-corrected chi connectivity index (χ4v) is 10.1. The average Bonchev–Trinajstić information content (AvgIpc) is 1.22. The Bertz CT molecular complexity index is 1940. The zero-order valence-electron chi connectivity index (χ0n) is 51.8. The van der Waals surface area contributed by atoms with Crippen LogP contribution in [0.1, 0.15) is 105 Å². The van der Waals surface area contributed by atoms with Gasteiger partial charge in [-0.25, -0.2) is 0 Å². The topological polar surface area (TPSA) is 451 Å². The zero-order chi connectivity index (χ0) is 65.9. The van der Waals surface area contributed by atoms with Crippen LogP contribution in [0.4, 0.5) is 0 Å². The van der Waals surface area contributed by atoms with Crippen molar-refractivity contribution in [3.05, 3.63) is 0 Å². The number of unbranched alkanes of at least 4 members (excludes halogenated alkanes) is 1. The second-order valence-electron chi connectivity index (χ2n) is 22.3. The van der Waals surface area contributed by atoms with Crippen LogP contribution in [0.15, 0.2) is 0 Å². The summed E-state index contributed by atoms with van der Waals surface area (Å²) in [6, 6.07) is -3.10. The van der Waals surface area contributed by atoms with E-state index >= 15 is 0 Å². The Morgan fingerprint density at radius 3 is 1.29 bits per heavy atom. The van der Waals surface area contributed by atoms with Gasteiger partial charge < -0.3 is 115 Å². The van der Waals surface area contributed by atoms with Crippen molar-refractivity contribution in [3.63, 3.8) is 0 Å². The minimum Gasteiger partial charge on any atom is -0.394 e. The van der Waals surface area contributed by atoms with Crippen LogP contribution in [-0.2, 0) is 85.7 Å². The Labute approximate surface area is 523 Å². The number of nitrogens with one attached hydrogen (secondary N) is 5. The van der Waals surface area contributed by atoms with Gasteiger partial charge in [0.2, 0.25) is 29.5 Å². The second kappa shape index (κ2) is 43.7. The molecule has 3 aliphatic heterocycles. The molecule has 16 atom stereocenters. The summed E-state index contributed by atoms with van der Waals surface area (Å²) < 4.78 is 57.8. The first-order chi connectivity index (χ1) is 42.5. The molecular formula is C57H99N5O26S. The van der Waals surface area contributed by atoms with E-state index in [4.69, 9.17) is 47.4 Å². The summed E-state index contributed by atoms with van der Waals surface area (Å²) >= 11 is 1.63. The number of hydrogen-bond acceptors (Lipinski definition) is 27. The standard InChI is InChI=1S/C57H99N5O26S/c1-34-46(59-35(2)66)54(86-41(28-63)49(34)74)83-19-8-11-39(70)15-22-80-31-57(62-45(73)13-7-6-10-38(69)14-21-79-26-27-89-5,32-81-23-16-40(71)12-9-20-84-55-47(60-36(3)67)52(77)50(75)42(29-64)87-55)33-82-24-17-44(72)58-18-25-85-56-48(61-37(4)68)53(78)51(76)43(30-65)88-56/h34,41-43,46-56,63-65,74-78H,6-33H2,1-5H3,(H,58,72)(H,59,66)(H,60,67)(H,61,68)(H,62,73). The fourth-order valence-electron chi connectivity index (χ4n) is 9.83. The number of thioether (sulfide) groups is 1. The summed E-state index contributed by atoms with van der Waals surface area (Å²) in [5, 5.41) is 94.6. The number of carbonyl (C=O) groups is 8. The molecule has 16 unspecified atom stereocenters. The van der Waals surface area contributed by atoms with Gasteiger partial charge in [-0.1, -0.05) is 6.92 Å². The Morgan fingerprint density at radius 1 is 0.449 bits per heavy atom. The normalized spacial score (nSPS) is 27.6. The average molecular weight is 1300 g/mol. The van der Waals surface area contributed by atoms with E-state index in [9.17, 15) is 79.2 Å². The number of ether oxygens (including phenoxy) is 10. The molecular weight excluding hydrogens is 1200 g/mol. The molecule has 0 radical (unpaired) electrons. The third-order valence-electron chi connectivity index (χ3n) is 14.7. The van der Waals surface area contributed by atoms with Crippen molar-refractivity contribution >= 4 is 58.6 Å². The maximum Gasteiger partial charge on any atom is 0.222 e. The lowest BCUT2D eigenvalue weighted by molar-refractivity contribution is -0.270. The van der Waals surface area contributed by atoms with E-state index in [2.05, 4.69) is 26.6 Å². The van der Waals surface area contributed by atoms with Crippen LogP contribution in [0.3, 0.4) is 0 Å². The van der Waals surface area contributed by atoms with Crippen molar-refractivity contribution < 1.29 is 127 Å². The number of ketones is 3. The van der Waals surface area contributed by atoms with Gasteiger partial charge in [-0.2, -0.15) is 11.8 Å². The molecule has 5 amide bonds. The molecule has 3 fully saturated rings. The third-order valence-corrected chi connectivity index (χ3v) is 15.3. The lowest BCUT2D eigenvalue weighted by Gasteiger charge is -2.43. The van der Waals surface area contributed by atoms with Gasteiger partial charge in [-0.05, 0) is 31.9 Å². The van der Waals surface area contributed by atoms with Crippen LogP contribution in [0.2, 0.25) is 0 Å². The quantitative estimate of drug-likeness (QED) is 0.0258. The van der Waals surface area contributed by atoms with Crippen LogP contribution in [0.25, 0.3) is 0 Å². The van der Waals surface area contributed by atoms with Crippen LogP contribution in [-0.4, -0.2) is 290 Å². The second-order valence-corrected chi connectivity index (χ2v) is 23.2. The molecule has 0 aromatic carbocycles. The van der Waals surface area contributed by atoms with Gasteiger partial charge in [0.15, 0.2) is 18.9 Å². The van der Waals surface area contributed by atoms with Crippen molar-refractivity contribution in [2.45, 2.75) is 196 Å². The van der Waals surface area contributed by atoms with Crippen molar-refractivity contribution in [2.24, 2.45) is 5.92 Å². The van der Waals surface area contributed by atoms with Crippen LogP contribution >= 0.6 is 11.8 Å². The number of rotatable bonds is 47. The molecule has 13 N–H and O–H groups in total. The molecule has 3 aliphatic rings. The Morgan fingerprint density at radius 2 is 0.843 bits per heavy atom. The molecule has 0 spiro atoms. The predicted molar refractivity (Wildman–Crippen MR) is 313 cm³/mol. The van der Waals surface area contributed by atoms with Crippen LogP contribution in [0.5, 0.6) is 0 Å². The molecule has 31 nitrogen and oxygen atoms in total. The Balaban J connectivity index is 1.70. The van der Waals surface area contributed by atoms with Gasteiger partial charge in [0.05, 0.1) is 105 Å². The molecule has 0 aliphatic carbocycles. The molecule has 514 valence electrons. The number of aliphatic hydroxyl groups is 8. The van der Waals surface area contributed by atoms with E-state index < -0.39 is 141 Å². The highest BCUT2D eigenvalue weighted by atomic mass is 32.2. The summed E-state index contributed by atoms with van der Waals surface area (Å²) in [6.07, 6.45) is -10.9. The van der Waals surface area contributed by atoms with Gasteiger partial charge in [-0.3, -0.25) is 38.4 Å². The minimum atomic E-state index is -1.54. The molecule has 3 rings (SSSR count). The van der Waals surface area contributed by atoms with Gasteiger partial charge in [0, 0.05) is 90.4 Å². The minimum absolute atomic E-state index is 0.00562. The van der Waals surface area contributed by atoms with Gasteiger partial charge >= 0.3 is 0 Å².